The van der Waals surface area contributed by atoms with Crippen molar-refractivity contribution in [2.45, 2.75) is 20.3 Å². The summed E-state index contributed by atoms with van der Waals surface area (Å²) in [7, 11) is 0. The van der Waals surface area contributed by atoms with Crippen LogP contribution in [0.4, 0.5) is 5.69 Å². The number of carbonyl (C=O) groups excluding carboxylic acids is 1. The Hall–Kier alpha value is -1.88. The van der Waals surface area contributed by atoms with Gasteiger partial charge in [0.1, 0.15) is 0 Å². The summed E-state index contributed by atoms with van der Waals surface area (Å²) in [6, 6.07) is 7.35. The van der Waals surface area contributed by atoms with Crippen molar-refractivity contribution >= 4 is 17.3 Å². The highest BCUT2D eigenvalue weighted by Gasteiger charge is 2.01. The SMILES string of the molecule is CCOCCC(=O)N/N=C(\C)c1cccc(N)c1. The summed E-state index contributed by atoms with van der Waals surface area (Å²) in [6.45, 7) is 4.73. The van der Waals surface area contributed by atoms with E-state index in [2.05, 4.69) is 10.5 Å². The first kappa shape index (κ1) is 14.2. The predicted molar refractivity (Wildman–Crippen MR) is 72.3 cm³/mol. The van der Waals surface area contributed by atoms with Gasteiger partial charge in [-0.1, -0.05) is 12.1 Å². The number of benzene rings is 1. The second-order valence-electron chi connectivity index (χ2n) is 3.80. The van der Waals surface area contributed by atoms with E-state index >= 15 is 0 Å². The van der Waals surface area contributed by atoms with Crippen molar-refractivity contribution in [2.24, 2.45) is 5.10 Å². The van der Waals surface area contributed by atoms with Gasteiger partial charge in [-0.15, -0.1) is 0 Å². The fourth-order valence-corrected chi connectivity index (χ4v) is 1.34. The van der Waals surface area contributed by atoms with Crippen LogP contribution in [0, 0.1) is 0 Å². The van der Waals surface area contributed by atoms with E-state index in [1.54, 1.807) is 6.07 Å². The molecule has 0 bridgehead atoms. The van der Waals surface area contributed by atoms with Crippen LogP contribution < -0.4 is 11.2 Å². The molecule has 0 radical (unpaired) electrons. The number of amides is 1. The van der Waals surface area contributed by atoms with E-state index in [1.807, 2.05) is 32.0 Å². The van der Waals surface area contributed by atoms with Crippen LogP contribution in [0.1, 0.15) is 25.8 Å². The number of nitrogen functional groups attached to an aromatic ring is 1. The molecule has 5 heteroatoms. The molecule has 1 aromatic carbocycles. The van der Waals surface area contributed by atoms with Crippen LogP contribution in [0.3, 0.4) is 0 Å². The minimum Gasteiger partial charge on any atom is -0.399 e. The number of carbonyl (C=O) groups is 1. The van der Waals surface area contributed by atoms with E-state index < -0.39 is 0 Å². The minimum absolute atomic E-state index is 0.160. The standard InChI is InChI=1S/C13H19N3O2/c1-3-18-8-7-13(17)16-15-10(2)11-5-4-6-12(14)9-11/h4-6,9H,3,7-8,14H2,1-2H3,(H,16,17)/b15-10+. The lowest BCUT2D eigenvalue weighted by Crippen LogP contribution is -2.20. The highest BCUT2D eigenvalue weighted by molar-refractivity contribution is 5.99. The van der Waals surface area contributed by atoms with Crippen molar-refractivity contribution < 1.29 is 9.53 Å². The van der Waals surface area contributed by atoms with E-state index in [0.29, 0.717) is 31.0 Å². The molecule has 0 saturated carbocycles. The zero-order valence-corrected chi connectivity index (χ0v) is 10.8. The molecule has 0 spiro atoms. The van der Waals surface area contributed by atoms with Crippen LogP contribution in [-0.2, 0) is 9.53 Å². The molecule has 1 aromatic rings. The fraction of sp³-hybridized carbons (Fsp3) is 0.385. The molecule has 18 heavy (non-hydrogen) atoms. The molecule has 3 N–H and O–H groups in total. The molecule has 5 nitrogen and oxygen atoms in total. The van der Waals surface area contributed by atoms with E-state index in [4.69, 9.17) is 10.5 Å². The van der Waals surface area contributed by atoms with Gasteiger partial charge >= 0.3 is 0 Å². The van der Waals surface area contributed by atoms with Crippen molar-refractivity contribution in [2.75, 3.05) is 18.9 Å². The van der Waals surface area contributed by atoms with Gasteiger partial charge < -0.3 is 10.5 Å². The molecule has 0 fully saturated rings. The first-order chi connectivity index (χ1) is 8.63. The van der Waals surface area contributed by atoms with Gasteiger partial charge in [0.25, 0.3) is 0 Å². The maximum Gasteiger partial charge on any atom is 0.242 e. The molecular formula is C13H19N3O2. The molecule has 0 aromatic heterocycles. The number of nitrogens with zero attached hydrogens (tertiary/aromatic N) is 1. The number of nitrogens with one attached hydrogen (secondary N) is 1. The zero-order valence-electron chi connectivity index (χ0n) is 10.8. The average Bonchev–Trinajstić information content (AvgIpc) is 2.36. The highest BCUT2D eigenvalue weighted by Crippen LogP contribution is 2.07. The van der Waals surface area contributed by atoms with Crippen molar-refractivity contribution in [3.8, 4) is 0 Å². The normalized spacial score (nSPS) is 11.3. The topological polar surface area (TPSA) is 76.7 Å². The number of ether oxygens (including phenoxy) is 1. The van der Waals surface area contributed by atoms with Crippen LogP contribution in [-0.4, -0.2) is 24.8 Å². The lowest BCUT2D eigenvalue weighted by Gasteiger charge is -2.04. The van der Waals surface area contributed by atoms with E-state index in [1.165, 1.54) is 0 Å². The second kappa shape index (κ2) is 7.45. The molecule has 0 aliphatic rings. The predicted octanol–water partition coefficient (Wildman–Crippen LogP) is 1.54. The van der Waals surface area contributed by atoms with E-state index in [0.717, 1.165) is 5.56 Å². The number of anilines is 1. The third-order valence-corrected chi connectivity index (χ3v) is 2.33. The lowest BCUT2D eigenvalue weighted by molar-refractivity contribution is -0.122. The second-order valence-corrected chi connectivity index (χ2v) is 3.80. The molecule has 0 saturated heterocycles. The Balaban J connectivity index is 2.49. The van der Waals surface area contributed by atoms with Gasteiger partial charge in [0, 0.05) is 12.3 Å². The Labute approximate surface area is 107 Å². The van der Waals surface area contributed by atoms with Gasteiger partial charge in [0.05, 0.1) is 18.7 Å². The Morgan fingerprint density at radius 2 is 2.28 bits per heavy atom. The Morgan fingerprint density at radius 1 is 1.50 bits per heavy atom. The fourth-order valence-electron chi connectivity index (χ4n) is 1.34. The Morgan fingerprint density at radius 3 is 2.94 bits per heavy atom. The number of hydrogen-bond donors (Lipinski definition) is 2. The third-order valence-electron chi connectivity index (χ3n) is 2.33. The number of hydrazone groups is 1. The Kier molecular flexibility index (Phi) is 5.87. The molecule has 0 aliphatic heterocycles. The monoisotopic (exact) mass is 249 g/mol. The largest absolute Gasteiger partial charge is 0.399 e. The van der Waals surface area contributed by atoms with Gasteiger partial charge in [-0.3, -0.25) is 4.79 Å². The quantitative estimate of drug-likeness (QED) is 0.347. The van der Waals surface area contributed by atoms with Gasteiger partial charge in [0.15, 0.2) is 0 Å². The van der Waals surface area contributed by atoms with Gasteiger partial charge in [-0.2, -0.15) is 5.10 Å². The minimum atomic E-state index is -0.160. The molecular weight excluding hydrogens is 230 g/mol. The highest BCUT2D eigenvalue weighted by atomic mass is 16.5. The van der Waals surface area contributed by atoms with Crippen LogP contribution in [0.15, 0.2) is 29.4 Å². The molecule has 0 unspecified atom stereocenters. The summed E-state index contributed by atoms with van der Waals surface area (Å²) >= 11 is 0. The molecule has 1 rings (SSSR count). The number of rotatable bonds is 6. The molecule has 0 aliphatic carbocycles. The molecule has 98 valence electrons. The summed E-state index contributed by atoms with van der Waals surface area (Å²) in [6.07, 6.45) is 0.307. The molecule has 1 amide bonds. The van der Waals surface area contributed by atoms with Crippen molar-refractivity contribution in [3.05, 3.63) is 29.8 Å². The van der Waals surface area contributed by atoms with Gasteiger partial charge in [-0.25, -0.2) is 5.43 Å². The number of hydrogen-bond acceptors (Lipinski definition) is 4. The first-order valence-electron chi connectivity index (χ1n) is 5.90. The van der Waals surface area contributed by atoms with Gasteiger partial charge in [0.2, 0.25) is 5.91 Å². The summed E-state index contributed by atoms with van der Waals surface area (Å²) in [5, 5.41) is 4.02. The Bertz CT molecular complexity index is 430. The molecule has 0 heterocycles. The zero-order chi connectivity index (χ0) is 13.4. The summed E-state index contributed by atoms with van der Waals surface area (Å²) in [4.78, 5) is 11.4. The van der Waals surface area contributed by atoms with Crippen molar-refractivity contribution in [3.63, 3.8) is 0 Å². The lowest BCUT2D eigenvalue weighted by atomic mass is 10.1. The first-order valence-corrected chi connectivity index (χ1v) is 5.90. The maximum atomic E-state index is 11.4. The summed E-state index contributed by atoms with van der Waals surface area (Å²) < 4.78 is 5.09. The van der Waals surface area contributed by atoms with Crippen LogP contribution in [0.5, 0.6) is 0 Å². The van der Waals surface area contributed by atoms with E-state index in [9.17, 15) is 4.79 Å². The molecule has 0 atom stereocenters. The third kappa shape index (κ3) is 4.97. The summed E-state index contributed by atoms with van der Waals surface area (Å²) in [5.41, 5.74) is 10.4. The average molecular weight is 249 g/mol. The van der Waals surface area contributed by atoms with E-state index in [-0.39, 0.29) is 5.91 Å². The summed E-state index contributed by atoms with van der Waals surface area (Å²) in [5.74, 6) is -0.160. The van der Waals surface area contributed by atoms with Crippen molar-refractivity contribution in [1.82, 2.24) is 5.43 Å². The van der Waals surface area contributed by atoms with Gasteiger partial charge in [-0.05, 0) is 31.5 Å². The smallest absolute Gasteiger partial charge is 0.242 e. The van der Waals surface area contributed by atoms with Crippen LogP contribution in [0.25, 0.3) is 0 Å². The van der Waals surface area contributed by atoms with Crippen molar-refractivity contribution in [1.29, 1.82) is 0 Å². The maximum absolute atomic E-state index is 11.4. The van der Waals surface area contributed by atoms with Crippen LogP contribution in [0.2, 0.25) is 0 Å². The number of nitrogens with two attached hydrogens (primary N) is 1. The van der Waals surface area contributed by atoms with Crippen LogP contribution >= 0.6 is 0 Å².